The highest BCUT2D eigenvalue weighted by atomic mass is 79.9. The van der Waals surface area contributed by atoms with Crippen LogP contribution in [0.25, 0.3) is 0 Å². The Labute approximate surface area is 124 Å². The van der Waals surface area contributed by atoms with Crippen LogP contribution >= 0.6 is 15.9 Å². The summed E-state index contributed by atoms with van der Waals surface area (Å²) < 4.78 is 2.44. The number of nitrogens with zero attached hydrogens (tertiary/aromatic N) is 1. The van der Waals surface area contributed by atoms with E-state index in [1.54, 1.807) is 19.9 Å². The zero-order valence-electron chi connectivity index (χ0n) is 11.2. The highest BCUT2D eigenvalue weighted by Gasteiger charge is 2.16. The second-order valence-electron chi connectivity index (χ2n) is 4.67. The smallest absolute Gasteiger partial charge is 0.341 e. The van der Waals surface area contributed by atoms with E-state index in [9.17, 15) is 9.59 Å². The number of carboxylic acid groups (broad SMARTS) is 1. The van der Waals surface area contributed by atoms with Gasteiger partial charge in [0.25, 0.3) is 5.56 Å². The summed E-state index contributed by atoms with van der Waals surface area (Å²) in [6, 6.07) is 9.31. The van der Waals surface area contributed by atoms with Crippen LogP contribution < -0.4 is 5.56 Å². The summed E-state index contributed by atoms with van der Waals surface area (Å²) in [4.78, 5) is 23.5. The predicted octanol–water partition coefficient (Wildman–Crippen LogP) is 2.97. The quantitative estimate of drug-likeness (QED) is 0.937. The lowest BCUT2D eigenvalue weighted by Crippen LogP contribution is -2.29. The van der Waals surface area contributed by atoms with Gasteiger partial charge in [0.1, 0.15) is 5.56 Å². The van der Waals surface area contributed by atoms with Crippen molar-refractivity contribution in [3.05, 3.63) is 67.5 Å². The van der Waals surface area contributed by atoms with Crippen molar-refractivity contribution in [2.45, 2.75) is 20.4 Å². The molecule has 2 rings (SSSR count). The first kappa shape index (κ1) is 14.5. The van der Waals surface area contributed by atoms with Crippen molar-refractivity contribution in [1.29, 1.82) is 0 Å². The van der Waals surface area contributed by atoms with Crippen LogP contribution in [-0.4, -0.2) is 15.6 Å². The highest BCUT2D eigenvalue weighted by Crippen LogP contribution is 2.13. The van der Waals surface area contributed by atoms with Gasteiger partial charge in [-0.05, 0) is 43.2 Å². The van der Waals surface area contributed by atoms with Gasteiger partial charge in [-0.15, -0.1) is 0 Å². The van der Waals surface area contributed by atoms with E-state index < -0.39 is 11.5 Å². The Kier molecular flexibility index (Phi) is 4.09. The average Bonchev–Trinajstić information content (AvgIpc) is 2.36. The lowest BCUT2D eigenvalue weighted by atomic mass is 10.1. The third-order valence-corrected chi connectivity index (χ3v) is 3.70. The van der Waals surface area contributed by atoms with Crippen molar-refractivity contribution in [3.8, 4) is 0 Å². The Morgan fingerprint density at radius 1 is 1.25 bits per heavy atom. The van der Waals surface area contributed by atoms with Crippen LogP contribution in [0.1, 0.15) is 27.2 Å². The Morgan fingerprint density at radius 3 is 2.40 bits per heavy atom. The summed E-state index contributed by atoms with van der Waals surface area (Å²) in [5.41, 5.74) is 1.57. The largest absolute Gasteiger partial charge is 0.477 e. The van der Waals surface area contributed by atoms with E-state index in [4.69, 9.17) is 5.11 Å². The molecule has 2 aromatic rings. The maximum atomic E-state index is 12.3. The predicted molar refractivity (Wildman–Crippen MR) is 80.4 cm³/mol. The van der Waals surface area contributed by atoms with Crippen molar-refractivity contribution in [2.24, 2.45) is 0 Å². The van der Waals surface area contributed by atoms with Crippen LogP contribution in [0.3, 0.4) is 0 Å². The first-order valence-electron chi connectivity index (χ1n) is 6.09. The number of carboxylic acids is 1. The molecule has 1 aromatic carbocycles. The number of aryl methyl sites for hydroxylation is 2. The van der Waals surface area contributed by atoms with Crippen molar-refractivity contribution >= 4 is 21.9 Å². The Hall–Kier alpha value is -1.88. The van der Waals surface area contributed by atoms with Gasteiger partial charge < -0.3 is 9.67 Å². The molecule has 1 aromatic heterocycles. The number of halogens is 1. The molecule has 104 valence electrons. The van der Waals surface area contributed by atoms with Gasteiger partial charge in [0.15, 0.2) is 0 Å². The number of hydrogen-bond donors (Lipinski definition) is 1. The first-order chi connectivity index (χ1) is 9.40. The molecule has 0 unspecified atom stereocenters. The third-order valence-electron chi connectivity index (χ3n) is 3.17. The molecule has 0 saturated carbocycles. The number of pyridine rings is 1. The lowest BCUT2D eigenvalue weighted by Gasteiger charge is -2.13. The van der Waals surface area contributed by atoms with E-state index in [1.165, 1.54) is 4.57 Å². The molecule has 0 aliphatic carbocycles. The maximum absolute atomic E-state index is 12.3. The topological polar surface area (TPSA) is 59.3 Å². The summed E-state index contributed by atoms with van der Waals surface area (Å²) in [5, 5.41) is 9.14. The summed E-state index contributed by atoms with van der Waals surface area (Å²) in [7, 11) is 0. The minimum atomic E-state index is -1.18. The van der Waals surface area contributed by atoms with Gasteiger partial charge in [-0.25, -0.2) is 4.79 Å². The second kappa shape index (κ2) is 5.63. The van der Waals surface area contributed by atoms with Crippen LogP contribution in [0.2, 0.25) is 0 Å². The highest BCUT2D eigenvalue weighted by molar-refractivity contribution is 9.10. The molecule has 0 fully saturated rings. The zero-order valence-corrected chi connectivity index (χ0v) is 12.8. The number of rotatable bonds is 3. The summed E-state index contributed by atoms with van der Waals surface area (Å²) in [6.45, 7) is 3.80. The lowest BCUT2D eigenvalue weighted by molar-refractivity contribution is 0.0693. The van der Waals surface area contributed by atoms with E-state index in [0.29, 0.717) is 12.1 Å². The summed E-state index contributed by atoms with van der Waals surface area (Å²) in [5.74, 6) is -1.18. The van der Waals surface area contributed by atoms with E-state index in [-0.39, 0.29) is 5.56 Å². The molecule has 0 atom stereocenters. The fraction of sp³-hybridized carbons (Fsp3) is 0.200. The fourth-order valence-electron chi connectivity index (χ4n) is 2.16. The maximum Gasteiger partial charge on any atom is 0.341 e. The standard InChI is InChI=1S/C15H14BrNO3/c1-9-7-10(2)17(14(18)13(9)15(19)20)8-11-3-5-12(16)6-4-11/h3-7H,8H2,1-2H3,(H,19,20). The molecule has 20 heavy (non-hydrogen) atoms. The first-order valence-corrected chi connectivity index (χ1v) is 6.88. The van der Waals surface area contributed by atoms with E-state index >= 15 is 0 Å². The van der Waals surface area contributed by atoms with Crippen molar-refractivity contribution in [3.63, 3.8) is 0 Å². The van der Waals surface area contributed by atoms with Gasteiger partial charge in [-0.2, -0.15) is 0 Å². The number of carbonyl (C=O) groups is 1. The van der Waals surface area contributed by atoms with E-state index in [2.05, 4.69) is 15.9 Å². The SMILES string of the molecule is Cc1cc(C)n(Cc2ccc(Br)cc2)c(=O)c1C(=O)O. The van der Waals surface area contributed by atoms with Crippen LogP contribution in [0.4, 0.5) is 0 Å². The minimum Gasteiger partial charge on any atom is -0.477 e. The Morgan fingerprint density at radius 2 is 1.85 bits per heavy atom. The molecule has 1 heterocycles. The molecule has 0 aliphatic rings. The average molecular weight is 336 g/mol. The number of hydrogen-bond acceptors (Lipinski definition) is 2. The van der Waals surface area contributed by atoms with E-state index in [1.807, 2.05) is 24.3 Å². The molecule has 0 aliphatic heterocycles. The molecule has 0 radical (unpaired) electrons. The minimum absolute atomic E-state index is 0.160. The molecular formula is C15H14BrNO3. The zero-order chi connectivity index (χ0) is 14.9. The van der Waals surface area contributed by atoms with Gasteiger partial charge in [0.2, 0.25) is 0 Å². The number of aromatic carboxylic acids is 1. The van der Waals surface area contributed by atoms with Crippen LogP contribution in [-0.2, 0) is 6.54 Å². The third kappa shape index (κ3) is 2.82. The normalized spacial score (nSPS) is 10.6. The molecule has 0 spiro atoms. The molecule has 0 saturated heterocycles. The molecular weight excluding hydrogens is 322 g/mol. The molecule has 0 amide bonds. The second-order valence-corrected chi connectivity index (χ2v) is 5.58. The summed E-state index contributed by atoms with van der Waals surface area (Å²) in [6.07, 6.45) is 0. The van der Waals surface area contributed by atoms with Crippen molar-refractivity contribution in [2.75, 3.05) is 0 Å². The fourth-order valence-corrected chi connectivity index (χ4v) is 2.42. The van der Waals surface area contributed by atoms with Crippen molar-refractivity contribution < 1.29 is 9.90 Å². The van der Waals surface area contributed by atoms with Crippen LogP contribution in [0, 0.1) is 13.8 Å². The van der Waals surface area contributed by atoms with E-state index in [0.717, 1.165) is 15.7 Å². The van der Waals surface area contributed by atoms with Gasteiger partial charge in [-0.3, -0.25) is 4.79 Å². The van der Waals surface area contributed by atoms with Gasteiger partial charge in [0, 0.05) is 10.2 Å². The molecule has 5 heteroatoms. The number of aromatic nitrogens is 1. The molecule has 1 N–H and O–H groups in total. The van der Waals surface area contributed by atoms with Crippen LogP contribution in [0.15, 0.2) is 39.6 Å². The number of benzene rings is 1. The van der Waals surface area contributed by atoms with Crippen molar-refractivity contribution in [1.82, 2.24) is 4.57 Å². The monoisotopic (exact) mass is 335 g/mol. The van der Waals surface area contributed by atoms with Gasteiger partial charge in [-0.1, -0.05) is 28.1 Å². The van der Waals surface area contributed by atoms with Gasteiger partial charge in [0.05, 0.1) is 6.54 Å². The van der Waals surface area contributed by atoms with Crippen LogP contribution in [0.5, 0.6) is 0 Å². The Bertz CT molecular complexity index is 717. The van der Waals surface area contributed by atoms with Gasteiger partial charge >= 0.3 is 5.97 Å². The molecule has 0 bridgehead atoms. The Balaban J connectivity index is 2.52. The summed E-state index contributed by atoms with van der Waals surface area (Å²) >= 11 is 3.35. The molecule has 4 nitrogen and oxygen atoms in total.